The molecule has 0 radical (unpaired) electrons. The van der Waals surface area contributed by atoms with Gasteiger partial charge in [0, 0.05) is 20.1 Å². The molecule has 0 bridgehead atoms. The average Bonchev–Trinajstić information content (AvgIpc) is 2.93. The van der Waals surface area contributed by atoms with E-state index in [1.54, 1.807) is 7.05 Å². The first-order valence-corrected chi connectivity index (χ1v) is 6.33. The summed E-state index contributed by atoms with van der Waals surface area (Å²) < 4.78 is 1.31. The van der Waals surface area contributed by atoms with Gasteiger partial charge in [-0.15, -0.1) is 5.10 Å². The molecule has 1 aromatic rings. The summed E-state index contributed by atoms with van der Waals surface area (Å²) in [5.41, 5.74) is -0.160. The largest absolute Gasteiger partial charge is 0.476 e. The van der Waals surface area contributed by atoms with Gasteiger partial charge in [0.25, 0.3) is 0 Å². The van der Waals surface area contributed by atoms with Gasteiger partial charge in [0.15, 0.2) is 5.69 Å². The Morgan fingerprint density at radius 3 is 2.67 bits per heavy atom. The lowest BCUT2D eigenvalue weighted by Crippen LogP contribution is -2.43. The van der Waals surface area contributed by atoms with Crippen LogP contribution in [0.15, 0.2) is 6.20 Å². The highest BCUT2D eigenvalue weighted by atomic mass is 16.4. The number of likely N-dealkylation sites (N-methyl/N-ethyl adjacent to an activating group) is 1. The second-order valence-electron chi connectivity index (χ2n) is 4.19. The highest BCUT2D eigenvalue weighted by Gasteiger charge is 2.09. The van der Waals surface area contributed by atoms with E-state index in [4.69, 9.17) is 5.11 Å². The van der Waals surface area contributed by atoms with Crippen LogP contribution in [0.5, 0.6) is 0 Å². The van der Waals surface area contributed by atoms with Crippen LogP contribution in [0.1, 0.15) is 17.4 Å². The van der Waals surface area contributed by atoms with E-state index in [9.17, 15) is 14.4 Å². The maximum Gasteiger partial charge on any atom is 0.358 e. The quantitative estimate of drug-likeness (QED) is 0.577. The maximum atomic E-state index is 11.4. The zero-order valence-electron chi connectivity index (χ0n) is 11.9. The van der Waals surface area contributed by atoms with Crippen molar-refractivity contribution in [2.75, 3.05) is 26.7 Å². The molecule has 0 spiro atoms. The smallest absolute Gasteiger partial charge is 0.358 e. The van der Waals surface area contributed by atoms with E-state index in [1.807, 2.05) is 6.92 Å². The van der Waals surface area contributed by atoms with Gasteiger partial charge >= 0.3 is 12.0 Å². The number of carboxylic acids is 1. The second-order valence-corrected chi connectivity index (χ2v) is 4.19. The van der Waals surface area contributed by atoms with Crippen molar-refractivity contribution < 1.29 is 19.5 Å². The Morgan fingerprint density at radius 1 is 1.38 bits per heavy atom. The van der Waals surface area contributed by atoms with Crippen molar-refractivity contribution in [3.05, 3.63) is 11.9 Å². The molecule has 3 N–H and O–H groups in total. The Labute approximate surface area is 121 Å². The molecule has 10 nitrogen and oxygen atoms in total. The Balaban J connectivity index is 2.24. The molecule has 0 aromatic carbocycles. The average molecular weight is 298 g/mol. The number of aromatic nitrogens is 3. The van der Waals surface area contributed by atoms with Crippen molar-refractivity contribution >= 4 is 17.9 Å². The number of nitrogens with zero attached hydrogens (tertiary/aromatic N) is 4. The topological polar surface area (TPSA) is 129 Å². The third kappa shape index (κ3) is 5.47. The Kier molecular flexibility index (Phi) is 6.11. The highest BCUT2D eigenvalue weighted by Crippen LogP contribution is 1.91. The number of carbonyl (C=O) groups is 3. The molecule has 0 atom stereocenters. The molecule has 1 aromatic heterocycles. The molecule has 0 saturated heterocycles. The summed E-state index contributed by atoms with van der Waals surface area (Å²) >= 11 is 0. The maximum absolute atomic E-state index is 11.4. The fraction of sp³-hybridized carbons (Fsp3) is 0.545. The summed E-state index contributed by atoms with van der Waals surface area (Å²) in [5, 5.41) is 20.7. The van der Waals surface area contributed by atoms with E-state index < -0.39 is 12.0 Å². The lowest BCUT2D eigenvalue weighted by molar-refractivity contribution is -0.128. The van der Waals surface area contributed by atoms with Crippen LogP contribution in [-0.4, -0.2) is 69.6 Å². The minimum Gasteiger partial charge on any atom is -0.476 e. The zero-order valence-corrected chi connectivity index (χ0v) is 11.9. The van der Waals surface area contributed by atoms with Gasteiger partial charge in [0.05, 0.1) is 19.3 Å². The van der Waals surface area contributed by atoms with E-state index in [0.29, 0.717) is 6.54 Å². The van der Waals surface area contributed by atoms with Gasteiger partial charge in [-0.25, -0.2) is 14.3 Å². The first kappa shape index (κ1) is 16.4. The SMILES string of the molecule is CCN(C)C(=O)CNC(=O)NCCn1cc(C(=O)O)nn1. The Hall–Kier alpha value is -2.65. The standard InChI is InChI=1S/C11H18N6O4/c1-3-16(2)9(18)6-13-11(21)12-4-5-17-7-8(10(19)20)14-15-17/h7H,3-6H2,1-2H3,(H,19,20)(H2,12,13,21). The van der Waals surface area contributed by atoms with Crippen LogP contribution >= 0.6 is 0 Å². The molecule has 116 valence electrons. The number of carbonyl (C=O) groups excluding carboxylic acids is 2. The number of rotatable bonds is 7. The normalized spacial score (nSPS) is 10.0. The predicted octanol–water partition coefficient (Wildman–Crippen LogP) is -1.25. The van der Waals surface area contributed by atoms with Crippen molar-refractivity contribution in [2.24, 2.45) is 0 Å². The fourth-order valence-corrected chi connectivity index (χ4v) is 1.32. The molecule has 10 heteroatoms. The van der Waals surface area contributed by atoms with E-state index in [1.165, 1.54) is 15.8 Å². The van der Waals surface area contributed by atoms with Crippen molar-refractivity contribution in [3.63, 3.8) is 0 Å². The van der Waals surface area contributed by atoms with Gasteiger partial charge < -0.3 is 20.6 Å². The Morgan fingerprint density at radius 2 is 2.10 bits per heavy atom. The van der Waals surface area contributed by atoms with E-state index in [-0.39, 0.29) is 31.2 Å². The number of aromatic carboxylic acids is 1. The fourth-order valence-electron chi connectivity index (χ4n) is 1.32. The predicted molar refractivity (Wildman–Crippen MR) is 71.7 cm³/mol. The molecule has 0 unspecified atom stereocenters. The summed E-state index contributed by atoms with van der Waals surface area (Å²) in [6.45, 7) is 2.83. The molecule has 0 fully saturated rings. The number of hydrogen-bond donors (Lipinski definition) is 3. The number of urea groups is 1. The summed E-state index contributed by atoms with van der Waals surface area (Å²) in [7, 11) is 1.65. The number of hydrogen-bond acceptors (Lipinski definition) is 5. The lowest BCUT2D eigenvalue weighted by Gasteiger charge is -2.14. The molecular formula is C11H18N6O4. The zero-order chi connectivity index (χ0) is 15.8. The van der Waals surface area contributed by atoms with E-state index in [0.717, 1.165) is 0 Å². The van der Waals surface area contributed by atoms with Crippen LogP contribution in [0.3, 0.4) is 0 Å². The molecule has 3 amide bonds. The van der Waals surface area contributed by atoms with Gasteiger partial charge in [0.1, 0.15) is 0 Å². The molecule has 0 aliphatic rings. The van der Waals surface area contributed by atoms with Crippen LogP contribution in [0.4, 0.5) is 4.79 Å². The Bertz CT molecular complexity index is 515. The molecule has 0 saturated carbocycles. The summed E-state index contributed by atoms with van der Waals surface area (Å²) in [6.07, 6.45) is 1.27. The molecule has 0 aliphatic heterocycles. The van der Waals surface area contributed by atoms with Crippen molar-refractivity contribution in [1.29, 1.82) is 0 Å². The molecule has 1 rings (SSSR count). The minimum atomic E-state index is -1.16. The van der Waals surface area contributed by atoms with Crippen LogP contribution in [0.2, 0.25) is 0 Å². The summed E-state index contributed by atoms with van der Waals surface area (Å²) in [4.78, 5) is 35.0. The van der Waals surface area contributed by atoms with Gasteiger partial charge in [-0.3, -0.25) is 4.79 Å². The van der Waals surface area contributed by atoms with Crippen LogP contribution in [0.25, 0.3) is 0 Å². The third-order valence-corrected chi connectivity index (χ3v) is 2.68. The van der Waals surface area contributed by atoms with Crippen molar-refractivity contribution in [1.82, 2.24) is 30.5 Å². The first-order chi connectivity index (χ1) is 9.93. The van der Waals surface area contributed by atoms with Gasteiger partial charge in [-0.2, -0.15) is 0 Å². The van der Waals surface area contributed by atoms with Gasteiger partial charge in [0.2, 0.25) is 5.91 Å². The minimum absolute atomic E-state index is 0.0807. The summed E-state index contributed by atoms with van der Waals surface area (Å²) in [5.74, 6) is -1.35. The third-order valence-electron chi connectivity index (χ3n) is 2.68. The molecule has 21 heavy (non-hydrogen) atoms. The molecule has 0 aliphatic carbocycles. The first-order valence-electron chi connectivity index (χ1n) is 6.33. The monoisotopic (exact) mass is 298 g/mol. The molecule has 1 heterocycles. The number of nitrogens with one attached hydrogen (secondary N) is 2. The second kappa shape index (κ2) is 7.82. The van der Waals surface area contributed by atoms with Gasteiger partial charge in [-0.05, 0) is 6.92 Å². The highest BCUT2D eigenvalue weighted by molar-refractivity contribution is 5.84. The number of carboxylic acid groups (broad SMARTS) is 1. The summed E-state index contributed by atoms with van der Waals surface area (Å²) in [6, 6.07) is -0.480. The van der Waals surface area contributed by atoms with Crippen molar-refractivity contribution in [2.45, 2.75) is 13.5 Å². The van der Waals surface area contributed by atoms with Crippen molar-refractivity contribution in [3.8, 4) is 0 Å². The van der Waals surface area contributed by atoms with Crippen LogP contribution in [0, 0.1) is 0 Å². The van der Waals surface area contributed by atoms with E-state index >= 15 is 0 Å². The van der Waals surface area contributed by atoms with Crippen LogP contribution in [-0.2, 0) is 11.3 Å². The molecular weight excluding hydrogens is 280 g/mol. The number of amides is 3. The lowest BCUT2D eigenvalue weighted by atomic mass is 10.5. The van der Waals surface area contributed by atoms with Crippen LogP contribution < -0.4 is 10.6 Å². The van der Waals surface area contributed by atoms with Gasteiger partial charge in [-0.1, -0.05) is 5.21 Å². The van der Waals surface area contributed by atoms with E-state index in [2.05, 4.69) is 20.9 Å².